The van der Waals surface area contributed by atoms with Crippen molar-refractivity contribution in [2.75, 3.05) is 30.0 Å². The van der Waals surface area contributed by atoms with Gasteiger partial charge in [0.1, 0.15) is 6.04 Å². The summed E-state index contributed by atoms with van der Waals surface area (Å²) in [6.07, 6.45) is 0. The van der Waals surface area contributed by atoms with Crippen LogP contribution in [0.25, 0.3) is 0 Å². The highest BCUT2D eigenvalue weighted by Gasteiger charge is 2.47. The van der Waals surface area contributed by atoms with Crippen molar-refractivity contribution in [3.8, 4) is 0 Å². The molecule has 2 aromatic carbocycles. The fourth-order valence-corrected chi connectivity index (χ4v) is 3.97. The van der Waals surface area contributed by atoms with Crippen molar-refractivity contribution in [1.29, 1.82) is 0 Å². The SMILES string of the molecule is CCN(CC)CN1C(=O)C(C2Nc3ccccc3C2=O)c2ccccc21. The van der Waals surface area contributed by atoms with Crippen molar-refractivity contribution < 1.29 is 9.59 Å². The second kappa shape index (κ2) is 6.57. The number of Topliss-reactive ketones (excluding diaryl/α,β-unsaturated/α-hetero) is 1. The van der Waals surface area contributed by atoms with Gasteiger partial charge in [0.05, 0.1) is 12.6 Å². The predicted octanol–water partition coefficient (Wildman–Crippen LogP) is 3.09. The van der Waals surface area contributed by atoms with Gasteiger partial charge in [-0.15, -0.1) is 0 Å². The number of benzene rings is 2. The summed E-state index contributed by atoms with van der Waals surface area (Å²) in [6.45, 7) is 6.48. The highest BCUT2D eigenvalue weighted by atomic mass is 16.2. The first kappa shape index (κ1) is 16.8. The number of carbonyl (C=O) groups is 2. The fourth-order valence-electron chi connectivity index (χ4n) is 3.97. The second-order valence-electron chi connectivity index (χ2n) is 6.78. The van der Waals surface area contributed by atoms with Crippen LogP contribution in [0, 0.1) is 0 Å². The summed E-state index contributed by atoms with van der Waals surface area (Å²) in [5.74, 6) is -0.489. The van der Waals surface area contributed by atoms with Crippen LogP contribution >= 0.6 is 0 Å². The van der Waals surface area contributed by atoms with Gasteiger partial charge < -0.3 is 5.32 Å². The third kappa shape index (κ3) is 2.51. The molecule has 0 bridgehead atoms. The zero-order valence-corrected chi connectivity index (χ0v) is 15.1. The molecule has 0 aromatic heterocycles. The first-order valence-electron chi connectivity index (χ1n) is 9.18. The molecule has 5 nitrogen and oxygen atoms in total. The van der Waals surface area contributed by atoms with Gasteiger partial charge in [0.25, 0.3) is 0 Å². The molecule has 26 heavy (non-hydrogen) atoms. The summed E-state index contributed by atoms with van der Waals surface area (Å²) in [5.41, 5.74) is 3.34. The Labute approximate surface area is 153 Å². The van der Waals surface area contributed by atoms with Crippen LogP contribution in [0.15, 0.2) is 48.5 Å². The maximum atomic E-state index is 13.3. The quantitative estimate of drug-likeness (QED) is 0.901. The molecule has 1 amide bonds. The van der Waals surface area contributed by atoms with Crippen LogP contribution in [0.1, 0.15) is 35.7 Å². The molecule has 134 valence electrons. The number of hydrogen-bond donors (Lipinski definition) is 1. The molecule has 0 radical (unpaired) electrons. The van der Waals surface area contributed by atoms with Gasteiger partial charge in [-0.25, -0.2) is 0 Å². The van der Waals surface area contributed by atoms with Crippen LogP contribution in [0.5, 0.6) is 0 Å². The van der Waals surface area contributed by atoms with Crippen molar-refractivity contribution >= 4 is 23.1 Å². The number of nitrogens with zero attached hydrogens (tertiary/aromatic N) is 2. The zero-order chi connectivity index (χ0) is 18.3. The van der Waals surface area contributed by atoms with Crippen LogP contribution in [-0.4, -0.2) is 42.4 Å². The Hall–Kier alpha value is -2.66. The van der Waals surface area contributed by atoms with Gasteiger partial charge >= 0.3 is 0 Å². The standard InChI is InChI=1S/C21H23N3O2/c1-3-23(4-2)13-24-17-12-8-6-10-15(17)18(21(24)26)19-20(25)14-9-5-7-11-16(14)22-19/h5-12,18-19,22H,3-4,13H2,1-2H3. The Bertz CT molecular complexity index is 860. The molecule has 0 saturated carbocycles. The zero-order valence-electron chi connectivity index (χ0n) is 15.1. The Balaban J connectivity index is 1.70. The van der Waals surface area contributed by atoms with E-state index in [1.54, 1.807) is 0 Å². The predicted molar refractivity (Wildman–Crippen MR) is 103 cm³/mol. The summed E-state index contributed by atoms with van der Waals surface area (Å²) in [7, 11) is 0. The number of anilines is 2. The van der Waals surface area contributed by atoms with Crippen LogP contribution in [0.2, 0.25) is 0 Å². The summed E-state index contributed by atoms with van der Waals surface area (Å²) in [6, 6.07) is 14.8. The number of hydrogen-bond acceptors (Lipinski definition) is 4. The third-order valence-corrected chi connectivity index (χ3v) is 5.45. The minimum Gasteiger partial charge on any atom is -0.373 e. The molecule has 0 spiro atoms. The van der Waals surface area contributed by atoms with E-state index in [1.807, 2.05) is 53.4 Å². The monoisotopic (exact) mass is 349 g/mol. The van der Waals surface area contributed by atoms with Gasteiger partial charge in [0.2, 0.25) is 5.91 Å². The molecular formula is C21H23N3O2. The summed E-state index contributed by atoms with van der Waals surface area (Å²) in [4.78, 5) is 30.3. The summed E-state index contributed by atoms with van der Waals surface area (Å²) >= 11 is 0. The van der Waals surface area contributed by atoms with Gasteiger partial charge in [-0.05, 0) is 36.9 Å². The lowest BCUT2D eigenvalue weighted by Crippen LogP contribution is -2.43. The van der Waals surface area contributed by atoms with Gasteiger partial charge in [-0.2, -0.15) is 0 Å². The van der Waals surface area contributed by atoms with Crippen molar-refractivity contribution in [3.63, 3.8) is 0 Å². The van der Waals surface area contributed by atoms with Crippen molar-refractivity contribution in [2.45, 2.75) is 25.8 Å². The van der Waals surface area contributed by atoms with Gasteiger partial charge in [0, 0.05) is 16.9 Å². The minimum atomic E-state index is -0.539. The van der Waals surface area contributed by atoms with Crippen LogP contribution < -0.4 is 10.2 Å². The number of rotatable bonds is 5. The van der Waals surface area contributed by atoms with E-state index in [-0.39, 0.29) is 11.7 Å². The number of para-hydroxylation sites is 2. The minimum absolute atomic E-state index is 0.00144. The van der Waals surface area contributed by atoms with E-state index >= 15 is 0 Å². The van der Waals surface area contributed by atoms with E-state index in [2.05, 4.69) is 24.1 Å². The maximum Gasteiger partial charge on any atom is 0.238 e. The first-order valence-corrected chi connectivity index (χ1v) is 9.18. The largest absolute Gasteiger partial charge is 0.373 e. The molecule has 4 rings (SSSR count). The number of nitrogens with one attached hydrogen (secondary N) is 1. The van der Waals surface area contributed by atoms with Gasteiger partial charge in [0.15, 0.2) is 5.78 Å². The van der Waals surface area contributed by atoms with Gasteiger partial charge in [-0.1, -0.05) is 44.2 Å². The molecule has 2 atom stereocenters. The molecule has 0 aliphatic carbocycles. The maximum absolute atomic E-state index is 13.3. The summed E-state index contributed by atoms with van der Waals surface area (Å²) in [5, 5.41) is 3.29. The van der Waals surface area contributed by atoms with Crippen LogP contribution in [0.4, 0.5) is 11.4 Å². The van der Waals surface area contributed by atoms with E-state index in [9.17, 15) is 9.59 Å². The molecule has 0 fully saturated rings. The topological polar surface area (TPSA) is 52.6 Å². The van der Waals surface area contributed by atoms with E-state index in [0.717, 1.165) is 30.0 Å². The van der Waals surface area contributed by atoms with E-state index in [0.29, 0.717) is 12.2 Å². The average molecular weight is 349 g/mol. The molecule has 2 unspecified atom stereocenters. The highest BCUT2D eigenvalue weighted by Crippen LogP contribution is 2.43. The smallest absolute Gasteiger partial charge is 0.238 e. The Morgan fingerprint density at radius 2 is 1.69 bits per heavy atom. The first-order chi connectivity index (χ1) is 12.7. The van der Waals surface area contributed by atoms with Crippen LogP contribution in [0.3, 0.4) is 0 Å². The Morgan fingerprint density at radius 3 is 2.42 bits per heavy atom. The Morgan fingerprint density at radius 1 is 1.00 bits per heavy atom. The lowest BCUT2D eigenvalue weighted by Gasteiger charge is -2.27. The van der Waals surface area contributed by atoms with Crippen molar-refractivity contribution in [3.05, 3.63) is 59.7 Å². The number of fused-ring (bicyclic) bond motifs is 2. The van der Waals surface area contributed by atoms with E-state index in [1.165, 1.54) is 0 Å². The third-order valence-electron chi connectivity index (χ3n) is 5.45. The van der Waals surface area contributed by atoms with E-state index < -0.39 is 12.0 Å². The molecule has 2 heterocycles. The summed E-state index contributed by atoms with van der Waals surface area (Å²) < 4.78 is 0. The molecule has 2 aliphatic heterocycles. The fraction of sp³-hybridized carbons (Fsp3) is 0.333. The Kier molecular flexibility index (Phi) is 4.24. The molecular weight excluding hydrogens is 326 g/mol. The lowest BCUT2D eigenvalue weighted by molar-refractivity contribution is -0.119. The molecule has 5 heteroatoms. The average Bonchev–Trinajstić information content (AvgIpc) is 3.14. The molecule has 1 N–H and O–H groups in total. The van der Waals surface area contributed by atoms with Crippen molar-refractivity contribution in [2.24, 2.45) is 0 Å². The lowest BCUT2D eigenvalue weighted by atomic mass is 9.90. The molecule has 2 aromatic rings. The van der Waals surface area contributed by atoms with E-state index in [4.69, 9.17) is 0 Å². The number of ketones is 1. The molecule has 0 saturated heterocycles. The number of carbonyl (C=O) groups excluding carboxylic acids is 2. The highest BCUT2D eigenvalue weighted by molar-refractivity contribution is 6.16. The van der Waals surface area contributed by atoms with Crippen LogP contribution in [-0.2, 0) is 4.79 Å². The van der Waals surface area contributed by atoms with Gasteiger partial charge in [-0.3, -0.25) is 19.4 Å². The van der Waals surface area contributed by atoms with Crippen molar-refractivity contribution in [1.82, 2.24) is 4.90 Å². The molecule has 2 aliphatic rings. The second-order valence-corrected chi connectivity index (χ2v) is 6.78. The number of amides is 1. The normalized spacial score (nSPS) is 21.1.